The lowest BCUT2D eigenvalue weighted by molar-refractivity contribution is 0.221. The van der Waals surface area contributed by atoms with E-state index in [9.17, 15) is 9.50 Å². The van der Waals surface area contributed by atoms with E-state index in [1.165, 1.54) is 12.1 Å². The molecule has 0 aliphatic rings. The van der Waals surface area contributed by atoms with Gasteiger partial charge in [0.25, 0.3) is 0 Å². The number of rotatable bonds is 2. The van der Waals surface area contributed by atoms with E-state index in [1.807, 2.05) is 19.1 Å². The third-order valence-corrected chi connectivity index (χ3v) is 2.72. The number of anilines is 1. The van der Waals surface area contributed by atoms with Crippen molar-refractivity contribution < 1.29 is 9.50 Å². The standard InChI is InChI=1S/C14H14FNO/c1-9-2-7-12(13(16)8-9)14(17)10-3-5-11(15)6-4-10/h2-8,14,17H,16H2,1H3. The maximum absolute atomic E-state index is 12.8. The van der Waals surface area contributed by atoms with Gasteiger partial charge in [-0.05, 0) is 36.2 Å². The summed E-state index contributed by atoms with van der Waals surface area (Å²) in [4.78, 5) is 0. The number of hydrogen-bond donors (Lipinski definition) is 2. The lowest BCUT2D eigenvalue weighted by Crippen LogP contribution is -2.04. The number of aliphatic hydroxyl groups excluding tert-OH is 1. The van der Waals surface area contributed by atoms with E-state index in [0.29, 0.717) is 16.8 Å². The molecule has 17 heavy (non-hydrogen) atoms. The Kier molecular flexibility index (Phi) is 3.11. The van der Waals surface area contributed by atoms with Gasteiger partial charge in [-0.25, -0.2) is 4.39 Å². The second-order valence-corrected chi connectivity index (χ2v) is 4.09. The van der Waals surface area contributed by atoms with Crippen molar-refractivity contribution in [3.05, 3.63) is 65.0 Å². The third kappa shape index (κ3) is 2.45. The van der Waals surface area contributed by atoms with Gasteiger partial charge in [0, 0.05) is 11.3 Å². The molecule has 1 unspecified atom stereocenters. The van der Waals surface area contributed by atoms with E-state index in [0.717, 1.165) is 5.56 Å². The molecule has 88 valence electrons. The first kappa shape index (κ1) is 11.6. The minimum atomic E-state index is -0.823. The zero-order chi connectivity index (χ0) is 12.4. The van der Waals surface area contributed by atoms with Crippen LogP contribution in [0.4, 0.5) is 10.1 Å². The molecule has 0 aliphatic heterocycles. The molecule has 2 rings (SSSR count). The molecule has 0 aliphatic carbocycles. The Morgan fingerprint density at radius 3 is 2.35 bits per heavy atom. The maximum atomic E-state index is 12.8. The van der Waals surface area contributed by atoms with E-state index >= 15 is 0 Å². The second-order valence-electron chi connectivity index (χ2n) is 4.09. The van der Waals surface area contributed by atoms with Crippen molar-refractivity contribution >= 4 is 5.69 Å². The molecule has 0 aromatic heterocycles. The number of benzene rings is 2. The quantitative estimate of drug-likeness (QED) is 0.781. The average molecular weight is 231 g/mol. The largest absolute Gasteiger partial charge is 0.398 e. The van der Waals surface area contributed by atoms with Crippen molar-refractivity contribution in [3.63, 3.8) is 0 Å². The molecule has 0 saturated carbocycles. The normalized spacial score (nSPS) is 12.4. The summed E-state index contributed by atoms with van der Waals surface area (Å²) in [7, 11) is 0. The first-order valence-corrected chi connectivity index (χ1v) is 5.37. The zero-order valence-corrected chi connectivity index (χ0v) is 9.52. The van der Waals surface area contributed by atoms with Gasteiger partial charge in [-0.2, -0.15) is 0 Å². The second kappa shape index (κ2) is 4.55. The van der Waals surface area contributed by atoms with Crippen LogP contribution < -0.4 is 5.73 Å². The van der Waals surface area contributed by atoms with Crippen molar-refractivity contribution in [2.24, 2.45) is 0 Å². The van der Waals surface area contributed by atoms with Crippen LogP contribution in [0.1, 0.15) is 22.8 Å². The summed E-state index contributed by atoms with van der Waals surface area (Å²) in [5.74, 6) is -0.321. The number of nitrogens with two attached hydrogens (primary N) is 1. The van der Waals surface area contributed by atoms with Crippen LogP contribution >= 0.6 is 0 Å². The highest BCUT2D eigenvalue weighted by atomic mass is 19.1. The van der Waals surface area contributed by atoms with Crippen LogP contribution in [-0.2, 0) is 0 Å². The number of aryl methyl sites for hydroxylation is 1. The zero-order valence-electron chi connectivity index (χ0n) is 9.52. The minimum absolute atomic E-state index is 0.321. The van der Waals surface area contributed by atoms with E-state index < -0.39 is 6.10 Å². The van der Waals surface area contributed by atoms with Gasteiger partial charge in [0.1, 0.15) is 11.9 Å². The molecule has 3 N–H and O–H groups in total. The highest BCUT2D eigenvalue weighted by Crippen LogP contribution is 2.27. The van der Waals surface area contributed by atoms with Crippen LogP contribution in [0, 0.1) is 12.7 Å². The summed E-state index contributed by atoms with van der Waals surface area (Å²) in [6.07, 6.45) is -0.823. The smallest absolute Gasteiger partial charge is 0.123 e. The monoisotopic (exact) mass is 231 g/mol. The van der Waals surface area contributed by atoms with Crippen LogP contribution in [0.25, 0.3) is 0 Å². The van der Waals surface area contributed by atoms with Gasteiger partial charge < -0.3 is 10.8 Å². The van der Waals surface area contributed by atoms with Crippen molar-refractivity contribution in [3.8, 4) is 0 Å². The Morgan fingerprint density at radius 2 is 1.76 bits per heavy atom. The molecule has 0 spiro atoms. The molecule has 3 heteroatoms. The minimum Gasteiger partial charge on any atom is -0.398 e. The van der Waals surface area contributed by atoms with E-state index in [2.05, 4.69) is 0 Å². The van der Waals surface area contributed by atoms with Crippen LogP contribution in [0.15, 0.2) is 42.5 Å². The summed E-state index contributed by atoms with van der Waals surface area (Å²) in [5.41, 5.74) is 8.71. The van der Waals surface area contributed by atoms with Gasteiger partial charge in [0.2, 0.25) is 0 Å². The third-order valence-electron chi connectivity index (χ3n) is 2.72. The molecule has 0 fully saturated rings. The molecule has 2 aromatic carbocycles. The lowest BCUT2D eigenvalue weighted by Gasteiger charge is -2.14. The molecule has 0 bridgehead atoms. The van der Waals surface area contributed by atoms with Crippen molar-refractivity contribution in [1.82, 2.24) is 0 Å². The van der Waals surface area contributed by atoms with Crippen LogP contribution in [0.2, 0.25) is 0 Å². The fourth-order valence-corrected chi connectivity index (χ4v) is 1.77. The van der Waals surface area contributed by atoms with Gasteiger partial charge in [-0.15, -0.1) is 0 Å². The SMILES string of the molecule is Cc1ccc(C(O)c2ccc(F)cc2)c(N)c1. The first-order chi connectivity index (χ1) is 8.08. The predicted octanol–water partition coefficient (Wildman–Crippen LogP) is 2.80. The van der Waals surface area contributed by atoms with E-state index in [4.69, 9.17) is 5.73 Å². The van der Waals surface area contributed by atoms with E-state index in [1.54, 1.807) is 18.2 Å². The molecule has 0 radical (unpaired) electrons. The predicted molar refractivity (Wildman–Crippen MR) is 66.1 cm³/mol. The number of hydrogen-bond acceptors (Lipinski definition) is 2. The number of aliphatic hydroxyl groups is 1. The average Bonchev–Trinajstić information content (AvgIpc) is 2.29. The van der Waals surface area contributed by atoms with Gasteiger partial charge in [0.15, 0.2) is 0 Å². The molecular weight excluding hydrogens is 217 g/mol. The molecule has 0 amide bonds. The van der Waals surface area contributed by atoms with Gasteiger partial charge in [-0.3, -0.25) is 0 Å². The Morgan fingerprint density at radius 1 is 1.12 bits per heavy atom. The molecule has 2 nitrogen and oxygen atoms in total. The highest BCUT2D eigenvalue weighted by molar-refractivity contribution is 5.52. The molecule has 2 aromatic rings. The van der Waals surface area contributed by atoms with Crippen molar-refractivity contribution in [2.45, 2.75) is 13.0 Å². The first-order valence-electron chi connectivity index (χ1n) is 5.37. The van der Waals surface area contributed by atoms with Crippen LogP contribution in [0.5, 0.6) is 0 Å². The maximum Gasteiger partial charge on any atom is 0.123 e. The Balaban J connectivity index is 2.36. The Hall–Kier alpha value is -1.87. The summed E-state index contributed by atoms with van der Waals surface area (Å²) in [6.45, 7) is 1.93. The summed E-state index contributed by atoms with van der Waals surface area (Å²) in [6, 6.07) is 11.2. The summed E-state index contributed by atoms with van der Waals surface area (Å²) < 4.78 is 12.8. The summed E-state index contributed by atoms with van der Waals surface area (Å²) in [5, 5.41) is 10.2. The van der Waals surface area contributed by atoms with Crippen molar-refractivity contribution in [2.75, 3.05) is 5.73 Å². The highest BCUT2D eigenvalue weighted by Gasteiger charge is 2.13. The Bertz CT molecular complexity index is 522. The van der Waals surface area contributed by atoms with Gasteiger partial charge >= 0.3 is 0 Å². The molecule has 0 saturated heterocycles. The number of nitrogen functional groups attached to an aromatic ring is 1. The lowest BCUT2D eigenvalue weighted by atomic mass is 9.99. The van der Waals surface area contributed by atoms with Gasteiger partial charge in [-0.1, -0.05) is 24.3 Å². The van der Waals surface area contributed by atoms with Crippen molar-refractivity contribution in [1.29, 1.82) is 0 Å². The number of halogens is 1. The van der Waals surface area contributed by atoms with Gasteiger partial charge in [0.05, 0.1) is 0 Å². The summed E-state index contributed by atoms with van der Waals surface area (Å²) >= 11 is 0. The van der Waals surface area contributed by atoms with Crippen LogP contribution in [0.3, 0.4) is 0 Å². The molecular formula is C14H14FNO. The fraction of sp³-hybridized carbons (Fsp3) is 0.143. The fourth-order valence-electron chi connectivity index (χ4n) is 1.77. The molecule has 0 heterocycles. The topological polar surface area (TPSA) is 46.2 Å². The van der Waals surface area contributed by atoms with E-state index in [-0.39, 0.29) is 5.82 Å². The molecule has 1 atom stereocenters. The van der Waals surface area contributed by atoms with Crippen LogP contribution in [-0.4, -0.2) is 5.11 Å². The Labute approximate surface area is 99.5 Å².